The second-order valence-corrected chi connectivity index (χ2v) is 12.3. The molecule has 1 fully saturated rings. The first kappa shape index (κ1) is 33.5. The van der Waals surface area contributed by atoms with Crippen molar-refractivity contribution in [2.24, 2.45) is 5.92 Å². The van der Waals surface area contributed by atoms with Gasteiger partial charge < -0.3 is 29.1 Å². The van der Waals surface area contributed by atoms with E-state index in [4.69, 9.17) is 9.47 Å². The van der Waals surface area contributed by atoms with Crippen LogP contribution in [0.2, 0.25) is 0 Å². The van der Waals surface area contributed by atoms with Gasteiger partial charge >= 0.3 is 12.2 Å². The SMILES string of the molecule is CCN(CC)C(=O)OC1=C(C(C)C)C=C(C(=O)N2Cc3ccc(CN4CCN(C)CC4)cc3C2)C(OC(=O)N(CC)CC)C1. The van der Waals surface area contributed by atoms with Crippen LogP contribution in [0.15, 0.2) is 41.2 Å². The van der Waals surface area contributed by atoms with E-state index >= 15 is 0 Å². The predicted molar refractivity (Wildman–Crippen MR) is 171 cm³/mol. The fourth-order valence-electron chi connectivity index (χ4n) is 6.10. The Kier molecular flexibility index (Phi) is 11.5. The normalized spacial score (nSPS) is 19.1. The maximum Gasteiger partial charge on any atom is 0.414 e. The number of hydrogen-bond acceptors (Lipinski definition) is 7. The van der Waals surface area contributed by atoms with E-state index in [1.54, 1.807) is 15.9 Å². The molecule has 0 radical (unpaired) electrons. The summed E-state index contributed by atoms with van der Waals surface area (Å²) in [6, 6.07) is 6.56. The standard InChI is InChI=1S/C34H51N5O5/c1-8-37(9-2)33(41)43-30-20-31(44-34(42)38(10-3)11-4)29(19-28(30)24(5)6)32(40)39-22-26-13-12-25(18-27(26)23-39)21-36-16-14-35(7)15-17-36/h12-13,18-19,24,31H,8-11,14-17,20-23H2,1-7H3. The largest absolute Gasteiger partial charge is 0.441 e. The summed E-state index contributed by atoms with van der Waals surface area (Å²) >= 11 is 0. The lowest BCUT2D eigenvalue weighted by Crippen LogP contribution is -2.43. The van der Waals surface area contributed by atoms with Crippen LogP contribution in [0.3, 0.4) is 0 Å². The summed E-state index contributed by atoms with van der Waals surface area (Å²) in [5, 5.41) is 0. The summed E-state index contributed by atoms with van der Waals surface area (Å²) in [7, 11) is 2.16. The number of rotatable bonds is 10. The molecule has 1 saturated heterocycles. The molecule has 1 aromatic rings. The molecule has 0 N–H and O–H groups in total. The third-order valence-electron chi connectivity index (χ3n) is 9.00. The van der Waals surface area contributed by atoms with E-state index in [-0.39, 0.29) is 18.2 Å². The Morgan fingerprint density at radius 1 is 0.886 bits per heavy atom. The van der Waals surface area contributed by atoms with Crippen molar-refractivity contribution in [2.45, 2.75) is 73.7 Å². The molecular formula is C34H51N5O5. The van der Waals surface area contributed by atoms with Gasteiger partial charge in [0.25, 0.3) is 5.91 Å². The van der Waals surface area contributed by atoms with Gasteiger partial charge in [-0.3, -0.25) is 9.69 Å². The molecule has 4 rings (SSSR count). The number of fused-ring (bicyclic) bond motifs is 1. The number of carbonyl (C=O) groups excluding carboxylic acids is 3. The number of carbonyl (C=O) groups is 3. The maximum absolute atomic E-state index is 14.2. The van der Waals surface area contributed by atoms with Gasteiger partial charge in [0.05, 0.1) is 5.57 Å². The Morgan fingerprint density at radius 3 is 2.11 bits per heavy atom. The minimum atomic E-state index is -0.867. The van der Waals surface area contributed by atoms with Crippen molar-refractivity contribution in [1.29, 1.82) is 0 Å². The average Bonchev–Trinajstić information content (AvgIpc) is 3.43. The highest BCUT2D eigenvalue weighted by atomic mass is 16.6. The topological polar surface area (TPSA) is 85.9 Å². The van der Waals surface area contributed by atoms with Crippen LogP contribution in [-0.2, 0) is 33.9 Å². The van der Waals surface area contributed by atoms with E-state index in [0.29, 0.717) is 50.6 Å². The van der Waals surface area contributed by atoms with Gasteiger partial charge in [-0.05, 0) is 69.0 Å². The van der Waals surface area contributed by atoms with Crippen LogP contribution in [0, 0.1) is 5.92 Å². The number of amides is 3. The summed E-state index contributed by atoms with van der Waals surface area (Å²) < 4.78 is 11.9. The Hall–Kier alpha value is -3.37. The van der Waals surface area contributed by atoms with Crippen LogP contribution < -0.4 is 0 Å². The first-order valence-electron chi connectivity index (χ1n) is 16.3. The molecule has 1 unspecified atom stereocenters. The van der Waals surface area contributed by atoms with E-state index in [0.717, 1.165) is 49.4 Å². The monoisotopic (exact) mass is 609 g/mol. The molecule has 3 amide bonds. The van der Waals surface area contributed by atoms with Crippen LogP contribution in [0.25, 0.3) is 0 Å². The molecule has 0 bridgehead atoms. The zero-order valence-electron chi connectivity index (χ0n) is 27.7. The van der Waals surface area contributed by atoms with Gasteiger partial charge in [-0.1, -0.05) is 32.0 Å². The predicted octanol–water partition coefficient (Wildman–Crippen LogP) is 4.84. The van der Waals surface area contributed by atoms with Gasteiger partial charge in [0, 0.05) is 78.4 Å². The van der Waals surface area contributed by atoms with Crippen molar-refractivity contribution in [3.8, 4) is 0 Å². The summed E-state index contributed by atoms with van der Waals surface area (Å²) in [4.78, 5) is 50.1. The highest BCUT2D eigenvalue weighted by Gasteiger charge is 2.37. The molecule has 2 aliphatic heterocycles. The van der Waals surface area contributed by atoms with Crippen molar-refractivity contribution < 1.29 is 23.9 Å². The molecule has 0 saturated carbocycles. The van der Waals surface area contributed by atoms with Crippen LogP contribution in [0.1, 0.15) is 64.7 Å². The molecule has 10 heteroatoms. The second kappa shape index (κ2) is 15.1. The lowest BCUT2D eigenvalue weighted by Gasteiger charge is -2.32. The van der Waals surface area contributed by atoms with Crippen LogP contribution in [-0.4, -0.2) is 108 Å². The molecule has 1 atom stereocenters. The molecule has 242 valence electrons. The number of ether oxygens (including phenoxy) is 2. The zero-order chi connectivity index (χ0) is 32.0. The second-order valence-electron chi connectivity index (χ2n) is 12.3. The molecule has 3 aliphatic rings. The Balaban J connectivity index is 1.58. The van der Waals surface area contributed by atoms with Crippen molar-refractivity contribution in [3.63, 3.8) is 0 Å². The van der Waals surface area contributed by atoms with E-state index in [9.17, 15) is 14.4 Å². The van der Waals surface area contributed by atoms with Gasteiger partial charge in [-0.15, -0.1) is 0 Å². The van der Waals surface area contributed by atoms with Crippen molar-refractivity contribution in [2.75, 3.05) is 59.4 Å². The zero-order valence-corrected chi connectivity index (χ0v) is 27.7. The first-order valence-corrected chi connectivity index (χ1v) is 16.3. The highest BCUT2D eigenvalue weighted by Crippen LogP contribution is 2.35. The Labute approximate surface area is 263 Å². The van der Waals surface area contributed by atoms with Crippen LogP contribution in [0.5, 0.6) is 0 Å². The van der Waals surface area contributed by atoms with E-state index in [2.05, 4.69) is 35.0 Å². The summed E-state index contributed by atoms with van der Waals surface area (Å²) in [5.74, 6) is 0.278. The van der Waals surface area contributed by atoms with Crippen LogP contribution >= 0.6 is 0 Å². The number of piperazine rings is 1. The molecule has 10 nitrogen and oxygen atoms in total. The molecular weight excluding hydrogens is 558 g/mol. The fraction of sp³-hybridized carbons (Fsp3) is 0.618. The minimum Gasteiger partial charge on any atom is -0.441 e. The van der Waals surface area contributed by atoms with Gasteiger partial charge in [-0.2, -0.15) is 0 Å². The maximum atomic E-state index is 14.2. The van der Waals surface area contributed by atoms with Crippen molar-refractivity contribution >= 4 is 18.1 Å². The average molecular weight is 610 g/mol. The third-order valence-corrected chi connectivity index (χ3v) is 9.00. The molecule has 1 aromatic carbocycles. The third kappa shape index (κ3) is 7.82. The van der Waals surface area contributed by atoms with Gasteiger partial charge in [0.1, 0.15) is 11.9 Å². The Bertz CT molecular complexity index is 1260. The molecule has 1 aliphatic carbocycles. The fourth-order valence-corrected chi connectivity index (χ4v) is 6.10. The van der Waals surface area contributed by atoms with Crippen LogP contribution in [0.4, 0.5) is 9.59 Å². The quantitative estimate of drug-likeness (QED) is 0.375. The first-order chi connectivity index (χ1) is 21.1. The number of hydrogen-bond donors (Lipinski definition) is 0. The lowest BCUT2D eigenvalue weighted by atomic mass is 9.88. The lowest BCUT2D eigenvalue weighted by molar-refractivity contribution is -0.128. The molecule has 0 spiro atoms. The molecule has 0 aromatic heterocycles. The number of likely N-dealkylation sites (N-methyl/N-ethyl adjacent to an activating group) is 1. The number of allylic oxidation sites excluding steroid dienone is 2. The summed E-state index contributed by atoms with van der Waals surface area (Å²) in [6.07, 6.45) is 0.126. The Morgan fingerprint density at radius 2 is 1.50 bits per heavy atom. The highest BCUT2D eigenvalue weighted by molar-refractivity contribution is 5.96. The van der Waals surface area contributed by atoms with E-state index in [1.807, 2.05) is 46.4 Å². The summed E-state index contributed by atoms with van der Waals surface area (Å²) in [5.41, 5.74) is 4.75. The van der Waals surface area contributed by atoms with Crippen molar-refractivity contribution in [3.05, 3.63) is 57.9 Å². The number of nitrogens with zero attached hydrogens (tertiary/aromatic N) is 5. The van der Waals surface area contributed by atoms with Gasteiger partial charge in [-0.25, -0.2) is 9.59 Å². The van der Waals surface area contributed by atoms with E-state index < -0.39 is 18.3 Å². The minimum absolute atomic E-state index is 0.00959. The van der Waals surface area contributed by atoms with Gasteiger partial charge in [0.15, 0.2) is 0 Å². The number of benzene rings is 1. The van der Waals surface area contributed by atoms with Gasteiger partial charge in [0.2, 0.25) is 0 Å². The van der Waals surface area contributed by atoms with E-state index in [1.165, 1.54) is 5.56 Å². The molecule has 2 heterocycles. The summed E-state index contributed by atoms with van der Waals surface area (Å²) in [6.45, 7) is 19.8. The smallest absolute Gasteiger partial charge is 0.414 e. The molecule has 44 heavy (non-hydrogen) atoms. The van der Waals surface area contributed by atoms with Crippen molar-refractivity contribution in [1.82, 2.24) is 24.5 Å².